The third-order valence-electron chi connectivity index (χ3n) is 2.52. The van der Waals surface area contributed by atoms with Gasteiger partial charge in [0.25, 0.3) is 0 Å². The minimum atomic E-state index is -0.231. The van der Waals surface area contributed by atoms with Crippen LogP contribution in [0.15, 0.2) is 12.4 Å². The van der Waals surface area contributed by atoms with Gasteiger partial charge in [0.15, 0.2) is 0 Å². The molecule has 82 valence electrons. The summed E-state index contributed by atoms with van der Waals surface area (Å²) in [7, 11) is 0. The summed E-state index contributed by atoms with van der Waals surface area (Å²) in [5, 5.41) is 19.3. The molecule has 1 aliphatic rings. The molecule has 6 nitrogen and oxygen atoms in total. The number of rotatable bonds is 4. The maximum Gasteiger partial charge on any atom is 0.222 e. The molecule has 1 saturated carbocycles. The van der Waals surface area contributed by atoms with Gasteiger partial charge in [0.2, 0.25) is 5.91 Å². The fraction of sp³-hybridized carbons (Fsp3) is 0.667. The molecule has 1 aromatic heterocycles. The SMILES string of the molecule is O=C(CCn1ccnn1)NC1CC(O)C1. The summed E-state index contributed by atoms with van der Waals surface area (Å²) in [5.74, 6) is 0.00222. The lowest BCUT2D eigenvalue weighted by Gasteiger charge is -2.31. The first-order valence-electron chi connectivity index (χ1n) is 5.05. The van der Waals surface area contributed by atoms with Gasteiger partial charge in [-0.1, -0.05) is 5.21 Å². The van der Waals surface area contributed by atoms with Crippen LogP contribution in [0.3, 0.4) is 0 Å². The molecule has 0 aromatic carbocycles. The van der Waals surface area contributed by atoms with Crippen LogP contribution in [0.4, 0.5) is 0 Å². The molecule has 1 aromatic rings. The third kappa shape index (κ3) is 2.76. The number of carbonyl (C=O) groups excluding carboxylic acids is 1. The minimum absolute atomic E-state index is 0.00222. The Kier molecular flexibility index (Phi) is 2.96. The van der Waals surface area contributed by atoms with Crippen molar-refractivity contribution in [2.75, 3.05) is 0 Å². The first kappa shape index (κ1) is 10.1. The number of aliphatic hydroxyl groups is 1. The van der Waals surface area contributed by atoms with E-state index < -0.39 is 0 Å². The minimum Gasteiger partial charge on any atom is -0.393 e. The maximum absolute atomic E-state index is 11.4. The average Bonchev–Trinajstić information content (AvgIpc) is 2.65. The van der Waals surface area contributed by atoms with E-state index in [0.29, 0.717) is 25.8 Å². The molecule has 1 fully saturated rings. The lowest BCUT2D eigenvalue weighted by Crippen LogP contribution is -2.46. The molecule has 2 N–H and O–H groups in total. The number of hydrogen-bond acceptors (Lipinski definition) is 4. The molecular weight excluding hydrogens is 196 g/mol. The standard InChI is InChI=1S/C9H14N4O2/c14-8-5-7(6-8)11-9(15)1-3-13-4-2-10-12-13/h2,4,7-8,14H,1,3,5-6H2,(H,11,15). The lowest BCUT2D eigenvalue weighted by atomic mass is 9.89. The van der Waals surface area contributed by atoms with Gasteiger partial charge in [-0.2, -0.15) is 0 Å². The molecule has 0 bridgehead atoms. The van der Waals surface area contributed by atoms with Gasteiger partial charge in [-0.05, 0) is 12.8 Å². The number of aromatic nitrogens is 3. The van der Waals surface area contributed by atoms with Crippen LogP contribution < -0.4 is 5.32 Å². The van der Waals surface area contributed by atoms with Crippen molar-refractivity contribution >= 4 is 5.91 Å². The Labute approximate surface area is 87.3 Å². The number of hydrogen-bond donors (Lipinski definition) is 2. The van der Waals surface area contributed by atoms with Crippen molar-refractivity contribution < 1.29 is 9.90 Å². The van der Waals surface area contributed by atoms with Crippen LogP contribution in [0.1, 0.15) is 19.3 Å². The van der Waals surface area contributed by atoms with Gasteiger partial charge < -0.3 is 10.4 Å². The van der Waals surface area contributed by atoms with E-state index in [1.54, 1.807) is 17.1 Å². The molecule has 0 radical (unpaired) electrons. The molecule has 0 aliphatic heterocycles. The number of nitrogens with one attached hydrogen (secondary N) is 1. The summed E-state index contributed by atoms with van der Waals surface area (Å²) in [5.41, 5.74) is 0. The van der Waals surface area contributed by atoms with Gasteiger partial charge in [0.05, 0.1) is 18.8 Å². The second-order valence-electron chi connectivity index (χ2n) is 3.81. The second kappa shape index (κ2) is 4.39. The normalized spacial score (nSPS) is 24.6. The molecule has 15 heavy (non-hydrogen) atoms. The summed E-state index contributed by atoms with van der Waals surface area (Å²) < 4.78 is 1.62. The molecule has 0 spiro atoms. The van der Waals surface area contributed by atoms with Crippen LogP contribution >= 0.6 is 0 Å². The maximum atomic E-state index is 11.4. The van der Waals surface area contributed by atoms with Crippen molar-refractivity contribution in [3.8, 4) is 0 Å². The van der Waals surface area contributed by atoms with E-state index in [4.69, 9.17) is 5.11 Å². The van der Waals surface area contributed by atoms with E-state index >= 15 is 0 Å². The Morgan fingerprint density at radius 3 is 3.00 bits per heavy atom. The highest BCUT2D eigenvalue weighted by atomic mass is 16.3. The van der Waals surface area contributed by atoms with Crippen molar-refractivity contribution in [3.05, 3.63) is 12.4 Å². The molecule has 1 heterocycles. The van der Waals surface area contributed by atoms with Crippen molar-refractivity contribution in [2.45, 2.75) is 38.0 Å². The molecule has 1 amide bonds. The van der Waals surface area contributed by atoms with Gasteiger partial charge in [-0.3, -0.25) is 9.48 Å². The van der Waals surface area contributed by atoms with Gasteiger partial charge in [-0.25, -0.2) is 0 Å². The first-order valence-corrected chi connectivity index (χ1v) is 5.05. The van der Waals surface area contributed by atoms with E-state index in [2.05, 4.69) is 15.6 Å². The van der Waals surface area contributed by atoms with Crippen molar-refractivity contribution in [3.63, 3.8) is 0 Å². The van der Waals surface area contributed by atoms with Gasteiger partial charge in [0.1, 0.15) is 0 Å². The number of aliphatic hydroxyl groups excluding tert-OH is 1. The summed E-state index contributed by atoms with van der Waals surface area (Å²) in [6, 6.07) is 0.156. The lowest BCUT2D eigenvalue weighted by molar-refractivity contribution is -0.123. The Morgan fingerprint density at radius 2 is 2.40 bits per heavy atom. The number of nitrogens with zero attached hydrogens (tertiary/aromatic N) is 3. The van der Waals surface area contributed by atoms with E-state index in [1.807, 2.05) is 0 Å². The largest absolute Gasteiger partial charge is 0.393 e. The van der Waals surface area contributed by atoms with Crippen molar-refractivity contribution in [2.24, 2.45) is 0 Å². The van der Waals surface area contributed by atoms with Crippen LogP contribution in [0.25, 0.3) is 0 Å². The zero-order chi connectivity index (χ0) is 10.7. The van der Waals surface area contributed by atoms with E-state index in [9.17, 15) is 4.79 Å². The van der Waals surface area contributed by atoms with Crippen molar-refractivity contribution in [1.29, 1.82) is 0 Å². The summed E-state index contributed by atoms with van der Waals surface area (Å²) in [6.45, 7) is 0.543. The van der Waals surface area contributed by atoms with E-state index in [1.165, 1.54) is 0 Å². The fourth-order valence-corrected chi connectivity index (χ4v) is 1.57. The summed E-state index contributed by atoms with van der Waals surface area (Å²) in [4.78, 5) is 11.4. The predicted molar refractivity (Wildman–Crippen MR) is 51.8 cm³/mol. The highest BCUT2D eigenvalue weighted by Crippen LogP contribution is 2.19. The highest BCUT2D eigenvalue weighted by Gasteiger charge is 2.27. The average molecular weight is 210 g/mol. The Balaban J connectivity index is 1.65. The zero-order valence-electron chi connectivity index (χ0n) is 8.33. The third-order valence-corrected chi connectivity index (χ3v) is 2.52. The van der Waals surface area contributed by atoms with Gasteiger partial charge in [0, 0.05) is 18.7 Å². The van der Waals surface area contributed by atoms with Crippen LogP contribution in [0.2, 0.25) is 0 Å². The Bertz CT molecular complexity index is 319. The molecule has 0 atom stereocenters. The second-order valence-corrected chi connectivity index (χ2v) is 3.81. The topological polar surface area (TPSA) is 80.0 Å². The monoisotopic (exact) mass is 210 g/mol. The number of aryl methyl sites for hydroxylation is 1. The summed E-state index contributed by atoms with van der Waals surface area (Å²) >= 11 is 0. The van der Waals surface area contributed by atoms with E-state index in [0.717, 1.165) is 0 Å². The smallest absolute Gasteiger partial charge is 0.222 e. The van der Waals surface area contributed by atoms with Crippen LogP contribution in [-0.4, -0.2) is 38.2 Å². The van der Waals surface area contributed by atoms with Gasteiger partial charge in [-0.15, -0.1) is 5.10 Å². The zero-order valence-corrected chi connectivity index (χ0v) is 8.33. The Hall–Kier alpha value is -1.43. The molecule has 0 unspecified atom stereocenters. The molecule has 2 rings (SSSR count). The molecule has 6 heteroatoms. The van der Waals surface area contributed by atoms with Crippen LogP contribution in [0, 0.1) is 0 Å². The molecule has 1 aliphatic carbocycles. The number of amides is 1. The number of carbonyl (C=O) groups is 1. The molecular formula is C9H14N4O2. The highest BCUT2D eigenvalue weighted by molar-refractivity contribution is 5.76. The quantitative estimate of drug-likeness (QED) is 0.689. The van der Waals surface area contributed by atoms with Crippen LogP contribution in [0.5, 0.6) is 0 Å². The fourth-order valence-electron chi connectivity index (χ4n) is 1.57. The predicted octanol–water partition coefficient (Wildman–Crippen LogP) is -0.692. The van der Waals surface area contributed by atoms with E-state index in [-0.39, 0.29) is 18.1 Å². The summed E-state index contributed by atoms with van der Waals surface area (Å²) in [6.07, 6.45) is 4.83. The molecule has 0 saturated heterocycles. The first-order chi connectivity index (χ1) is 7.24. The van der Waals surface area contributed by atoms with Crippen molar-refractivity contribution in [1.82, 2.24) is 20.3 Å². The van der Waals surface area contributed by atoms with Crippen LogP contribution in [-0.2, 0) is 11.3 Å². The Morgan fingerprint density at radius 1 is 1.60 bits per heavy atom. The van der Waals surface area contributed by atoms with Gasteiger partial charge >= 0.3 is 0 Å².